The molecule has 1 aromatic heterocycles. The van der Waals surface area contributed by atoms with Crippen molar-refractivity contribution in [3.05, 3.63) is 64.0 Å². The Balaban J connectivity index is 1.45. The predicted octanol–water partition coefficient (Wildman–Crippen LogP) is 5.25. The maximum Gasteiger partial charge on any atom is 0.277 e. The molecular formula is C19H17Cl2N3O3S. The van der Waals surface area contributed by atoms with Gasteiger partial charge in [0, 0.05) is 5.69 Å². The fourth-order valence-electron chi connectivity index (χ4n) is 2.22. The number of halogens is 2. The number of amides is 1. The van der Waals surface area contributed by atoms with Gasteiger partial charge in [-0.1, -0.05) is 54.0 Å². The van der Waals surface area contributed by atoms with E-state index >= 15 is 0 Å². The highest BCUT2D eigenvalue weighted by Gasteiger charge is 2.11. The first-order valence-corrected chi connectivity index (χ1v) is 10.2. The molecule has 0 bridgehead atoms. The van der Waals surface area contributed by atoms with E-state index in [0.717, 1.165) is 23.9 Å². The predicted molar refractivity (Wildman–Crippen MR) is 110 cm³/mol. The van der Waals surface area contributed by atoms with E-state index < -0.39 is 0 Å². The molecule has 0 aliphatic heterocycles. The summed E-state index contributed by atoms with van der Waals surface area (Å²) >= 11 is 12.9. The highest BCUT2D eigenvalue weighted by atomic mass is 35.5. The number of aryl methyl sites for hydroxylation is 1. The zero-order chi connectivity index (χ0) is 19.9. The molecule has 0 saturated carbocycles. The molecule has 2 aromatic carbocycles. The van der Waals surface area contributed by atoms with Crippen molar-refractivity contribution in [3.8, 4) is 5.75 Å². The van der Waals surface area contributed by atoms with Gasteiger partial charge in [0.25, 0.3) is 11.1 Å². The summed E-state index contributed by atoms with van der Waals surface area (Å²) in [5.41, 5.74) is 1.80. The largest absolute Gasteiger partial charge is 0.484 e. The van der Waals surface area contributed by atoms with Gasteiger partial charge >= 0.3 is 0 Å². The summed E-state index contributed by atoms with van der Waals surface area (Å²) in [5, 5.41) is 11.7. The van der Waals surface area contributed by atoms with Crippen molar-refractivity contribution in [2.24, 2.45) is 0 Å². The zero-order valence-corrected chi connectivity index (χ0v) is 17.3. The number of anilines is 1. The van der Waals surface area contributed by atoms with E-state index in [9.17, 15) is 4.79 Å². The first-order chi connectivity index (χ1) is 13.5. The molecule has 0 spiro atoms. The lowest BCUT2D eigenvalue weighted by atomic mass is 10.2. The molecule has 3 rings (SSSR count). The summed E-state index contributed by atoms with van der Waals surface area (Å²) in [5.74, 6) is 0.953. The maximum atomic E-state index is 12.0. The Labute approximate surface area is 176 Å². The third-order valence-electron chi connectivity index (χ3n) is 3.67. The smallest absolute Gasteiger partial charge is 0.277 e. The van der Waals surface area contributed by atoms with Crippen LogP contribution in [0.2, 0.25) is 10.0 Å². The summed E-state index contributed by atoms with van der Waals surface area (Å²) in [6.45, 7) is 2.26. The molecule has 0 unspecified atom stereocenters. The molecule has 28 heavy (non-hydrogen) atoms. The summed E-state index contributed by atoms with van der Waals surface area (Å²) in [6.07, 6.45) is 0.975. The van der Waals surface area contributed by atoms with Gasteiger partial charge in [0.1, 0.15) is 5.75 Å². The summed E-state index contributed by atoms with van der Waals surface area (Å²) in [4.78, 5) is 12.0. The molecular weight excluding hydrogens is 421 g/mol. The molecule has 1 heterocycles. The van der Waals surface area contributed by atoms with Gasteiger partial charge in [0.2, 0.25) is 5.91 Å². The lowest BCUT2D eigenvalue weighted by molar-refractivity contribution is -0.113. The van der Waals surface area contributed by atoms with Crippen LogP contribution in [0.15, 0.2) is 52.1 Å². The molecule has 1 N–H and O–H groups in total. The minimum absolute atomic E-state index is 0.112. The third kappa shape index (κ3) is 5.89. The molecule has 6 nitrogen and oxygen atoms in total. The number of carbonyl (C=O) groups excluding carboxylic acids is 1. The van der Waals surface area contributed by atoms with Crippen molar-refractivity contribution in [1.82, 2.24) is 10.2 Å². The zero-order valence-electron chi connectivity index (χ0n) is 14.9. The van der Waals surface area contributed by atoms with Crippen LogP contribution in [0.4, 0.5) is 5.69 Å². The fourth-order valence-corrected chi connectivity index (χ4v) is 3.10. The van der Waals surface area contributed by atoms with Crippen LogP contribution < -0.4 is 10.1 Å². The van der Waals surface area contributed by atoms with E-state index in [0.29, 0.717) is 26.8 Å². The number of benzene rings is 2. The lowest BCUT2D eigenvalue weighted by Gasteiger charge is -2.05. The van der Waals surface area contributed by atoms with E-state index in [-0.39, 0.29) is 18.3 Å². The molecule has 0 atom stereocenters. The number of carbonyl (C=O) groups is 1. The molecule has 1 amide bonds. The molecule has 0 aliphatic rings. The van der Waals surface area contributed by atoms with Crippen LogP contribution in [-0.2, 0) is 17.8 Å². The van der Waals surface area contributed by atoms with Crippen LogP contribution in [0.5, 0.6) is 5.75 Å². The third-order valence-corrected chi connectivity index (χ3v) is 5.23. The first-order valence-electron chi connectivity index (χ1n) is 8.45. The molecule has 3 aromatic rings. The van der Waals surface area contributed by atoms with Gasteiger partial charge in [-0.3, -0.25) is 4.79 Å². The van der Waals surface area contributed by atoms with Gasteiger partial charge in [0.05, 0.1) is 15.8 Å². The highest BCUT2D eigenvalue weighted by molar-refractivity contribution is 7.99. The number of thioether (sulfide) groups is 1. The van der Waals surface area contributed by atoms with Crippen LogP contribution in [-0.4, -0.2) is 21.9 Å². The standard InChI is InChI=1S/C19H17Cl2N3O3S/c1-2-12-3-6-14(7-4-12)26-10-18-23-24-19(27-18)28-11-17(25)22-13-5-8-15(20)16(21)9-13/h3-9H,2,10-11H2,1H3,(H,22,25). The maximum absolute atomic E-state index is 12.0. The topological polar surface area (TPSA) is 77.2 Å². The second kappa shape index (κ2) is 9.82. The van der Waals surface area contributed by atoms with Gasteiger partial charge < -0.3 is 14.5 Å². The monoisotopic (exact) mass is 437 g/mol. The number of ether oxygens (including phenoxy) is 1. The van der Waals surface area contributed by atoms with Crippen LogP contribution in [0.3, 0.4) is 0 Å². The Hall–Kier alpha value is -2.22. The summed E-state index contributed by atoms with van der Waals surface area (Å²) in [6, 6.07) is 12.7. The van der Waals surface area contributed by atoms with Gasteiger partial charge in [0.15, 0.2) is 6.61 Å². The van der Waals surface area contributed by atoms with Crippen LogP contribution in [0.25, 0.3) is 0 Å². The number of nitrogens with zero attached hydrogens (tertiary/aromatic N) is 2. The van der Waals surface area contributed by atoms with E-state index in [1.165, 1.54) is 5.56 Å². The van der Waals surface area contributed by atoms with Crippen molar-refractivity contribution >= 4 is 46.6 Å². The summed E-state index contributed by atoms with van der Waals surface area (Å²) in [7, 11) is 0. The van der Waals surface area contributed by atoms with Gasteiger partial charge in [-0.15, -0.1) is 10.2 Å². The lowest BCUT2D eigenvalue weighted by Crippen LogP contribution is -2.13. The Kier molecular flexibility index (Phi) is 7.19. The second-order valence-corrected chi connectivity index (χ2v) is 7.45. The van der Waals surface area contributed by atoms with Crippen LogP contribution in [0.1, 0.15) is 18.4 Å². The van der Waals surface area contributed by atoms with Crippen molar-refractivity contribution in [3.63, 3.8) is 0 Å². The number of nitrogens with one attached hydrogen (secondary N) is 1. The van der Waals surface area contributed by atoms with Crippen molar-refractivity contribution in [2.75, 3.05) is 11.1 Å². The number of aromatic nitrogens is 2. The van der Waals surface area contributed by atoms with Gasteiger partial charge in [-0.2, -0.15) is 0 Å². The Morgan fingerprint density at radius 3 is 2.64 bits per heavy atom. The van der Waals surface area contributed by atoms with Gasteiger partial charge in [-0.25, -0.2) is 0 Å². The van der Waals surface area contributed by atoms with E-state index in [1.54, 1.807) is 18.2 Å². The first kappa shape index (κ1) is 20.5. The van der Waals surface area contributed by atoms with E-state index in [2.05, 4.69) is 22.4 Å². The minimum Gasteiger partial charge on any atom is -0.484 e. The van der Waals surface area contributed by atoms with E-state index in [4.69, 9.17) is 32.4 Å². The Morgan fingerprint density at radius 2 is 1.93 bits per heavy atom. The molecule has 0 radical (unpaired) electrons. The second-order valence-electron chi connectivity index (χ2n) is 5.71. The molecule has 0 fully saturated rings. The molecule has 9 heteroatoms. The minimum atomic E-state index is -0.226. The number of hydrogen-bond donors (Lipinski definition) is 1. The van der Waals surface area contributed by atoms with E-state index in [1.807, 2.05) is 24.3 Å². The average molecular weight is 438 g/mol. The Morgan fingerprint density at radius 1 is 1.14 bits per heavy atom. The molecule has 0 aliphatic carbocycles. The van der Waals surface area contributed by atoms with Crippen molar-refractivity contribution in [1.29, 1.82) is 0 Å². The molecule has 0 saturated heterocycles. The number of rotatable bonds is 8. The van der Waals surface area contributed by atoms with Crippen LogP contribution >= 0.6 is 35.0 Å². The van der Waals surface area contributed by atoms with Crippen molar-refractivity contribution < 1.29 is 13.9 Å². The van der Waals surface area contributed by atoms with Gasteiger partial charge in [-0.05, 0) is 42.3 Å². The van der Waals surface area contributed by atoms with Crippen molar-refractivity contribution in [2.45, 2.75) is 25.2 Å². The Bertz CT molecular complexity index is 948. The number of hydrogen-bond acceptors (Lipinski definition) is 6. The highest BCUT2D eigenvalue weighted by Crippen LogP contribution is 2.25. The normalized spacial score (nSPS) is 10.7. The molecule has 146 valence electrons. The quantitative estimate of drug-likeness (QED) is 0.484. The average Bonchev–Trinajstić information content (AvgIpc) is 3.16. The SMILES string of the molecule is CCc1ccc(OCc2nnc(SCC(=O)Nc3ccc(Cl)c(Cl)c3)o2)cc1. The summed E-state index contributed by atoms with van der Waals surface area (Å²) < 4.78 is 11.1. The fraction of sp³-hybridized carbons (Fsp3) is 0.211. The van der Waals surface area contributed by atoms with Crippen LogP contribution in [0, 0.1) is 0 Å².